The van der Waals surface area contributed by atoms with E-state index in [0.717, 1.165) is 39.7 Å². The number of nitrogens with one attached hydrogen (secondary N) is 1. The molecule has 1 heterocycles. The minimum atomic E-state index is -3.82. The van der Waals surface area contributed by atoms with E-state index >= 15 is 0 Å². The Labute approximate surface area is 197 Å². The first kappa shape index (κ1) is 26.3. The van der Waals surface area contributed by atoms with E-state index in [4.69, 9.17) is 4.74 Å². The number of nitro benzene ring substituents is 1. The topological polar surface area (TPSA) is 171 Å². The maximum Gasteiger partial charge on any atom is 0.316 e. The van der Waals surface area contributed by atoms with Crippen LogP contribution in [0.1, 0.15) is 12.8 Å². The van der Waals surface area contributed by atoms with Gasteiger partial charge in [-0.05, 0) is 12.5 Å². The second-order valence-electron chi connectivity index (χ2n) is 6.34. The molecule has 33 heavy (non-hydrogen) atoms. The number of anilines is 2. The Balaban J connectivity index is 2.01. The van der Waals surface area contributed by atoms with Gasteiger partial charge in [0.1, 0.15) is 11.4 Å². The molecule has 0 fully saturated rings. The molecule has 0 saturated carbocycles. The van der Waals surface area contributed by atoms with Crippen LogP contribution in [0.25, 0.3) is 0 Å². The summed E-state index contributed by atoms with van der Waals surface area (Å²) in [4.78, 5) is 33.9. The lowest BCUT2D eigenvalue weighted by molar-refractivity contribution is -0.384. The van der Waals surface area contributed by atoms with Crippen molar-refractivity contribution in [1.29, 1.82) is 0 Å². The standard InChI is InChI=1S/C17H21N5O8S3/c1-29-13-7-6-11(22(25)26)9-12(13)21(33(3,27)28)8-4-5-14(23)18-16-19-20-17(32-16)31-10-15(24)30-2/h6-7,9H,4-5,8,10H2,1-3H3,(H,18,19,23). The number of thioether (sulfide) groups is 1. The molecule has 0 unspecified atom stereocenters. The molecular formula is C17H21N5O8S3. The van der Waals surface area contributed by atoms with Crippen molar-refractivity contribution in [2.45, 2.75) is 17.2 Å². The minimum Gasteiger partial charge on any atom is -0.495 e. The Morgan fingerprint density at radius 2 is 2.03 bits per heavy atom. The number of rotatable bonds is 12. The number of esters is 1. The molecule has 0 aliphatic rings. The molecule has 2 aromatic rings. The molecule has 0 spiro atoms. The number of benzene rings is 1. The zero-order valence-corrected chi connectivity index (χ0v) is 20.3. The highest BCUT2D eigenvalue weighted by Crippen LogP contribution is 2.34. The smallest absolute Gasteiger partial charge is 0.316 e. The summed E-state index contributed by atoms with van der Waals surface area (Å²) in [5, 5.41) is 21.6. The number of nitrogens with zero attached hydrogens (tertiary/aromatic N) is 4. The third kappa shape index (κ3) is 7.83. The van der Waals surface area contributed by atoms with Crippen LogP contribution in [0.4, 0.5) is 16.5 Å². The predicted octanol–water partition coefficient (Wildman–Crippen LogP) is 1.90. The quantitative estimate of drug-likeness (QED) is 0.143. The fraction of sp³-hybridized carbons (Fsp3) is 0.412. The van der Waals surface area contributed by atoms with Gasteiger partial charge in [0.25, 0.3) is 5.69 Å². The SMILES string of the molecule is COC(=O)CSc1nnc(NC(=O)CCCN(c2cc([N+](=O)[O-])ccc2OC)S(C)(=O)=O)s1. The molecule has 1 aromatic heterocycles. The number of ether oxygens (including phenoxy) is 2. The minimum absolute atomic E-state index is 0.00556. The van der Waals surface area contributed by atoms with Crippen molar-refractivity contribution in [1.82, 2.24) is 10.2 Å². The van der Waals surface area contributed by atoms with Crippen molar-refractivity contribution < 1.29 is 32.4 Å². The highest BCUT2D eigenvalue weighted by Gasteiger charge is 2.24. The second-order valence-corrected chi connectivity index (χ2v) is 10.4. The Hall–Kier alpha value is -2.98. The van der Waals surface area contributed by atoms with E-state index in [-0.39, 0.29) is 47.4 Å². The number of nitro groups is 1. The van der Waals surface area contributed by atoms with Crippen LogP contribution in [-0.4, -0.2) is 68.2 Å². The van der Waals surface area contributed by atoms with Gasteiger partial charge < -0.3 is 14.8 Å². The summed E-state index contributed by atoms with van der Waals surface area (Å²) in [5.74, 6) is -0.644. The van der Waals surface area contributed by atoms with Crippen LogP contribution in [-0.2, 0) is 24.3 Å². The molecule has 0 bridgehead atoms. The van der Waals surface area contributed by atoms with Gasteiger partial charge >= 0.3 is 5.97 Å². The molecule has 0 atom stereocenters. The normalized spacial score (nSPS) is 11.0. The van der Waals surface area contributed by atoms with Gasteiger partial charge in [0, 0.05) is 25.1 Å². The van der Waals surface area contributed by atoms with E-state index in [2.05, 4.69) is 20.3 Å². The number of carbonyl (C=O) groups is 2. The third-order valence-electron chi connectivity index (χ3n) is 4.00. The molecule has 13 nitrogen and oxygen atoms in total. The van der Waals surface area contributed by atoms with Gasteiger partial charge in [-0.3, -0.25) is 24.0 Å². The number of aromatic nitrogens is 2. The highest BCUT2D eigenvalue weighted by atomic mass is 32.2. The lowest BCUT2D eigenvalue weighted by atomic mass is 10.2. The lowest BCUT2D eigenvalue weighted by Gasteiger charge is -2.24. The first-order valence-corrected chi connectivity index (χ1v) is 12.8. The summed E-state index contributed by atoms with van der Waals surface area (Å²) >= 11 is 2.19. The largest absolute Gasteiger partial charge is 0.495 e. The predicted molar refractivity (Wildman–Crippen MR) is 122 cm³/mol. The van der Waals surface area contributed by atoms with Crippen molar-refractivity contribution in [2.75, 3.05) is 42.4 Å². The molecule has 180 valence electrons. The fourth-order valence-electron chi connectivity index (χ4n) is 2.51. The van der Waals surface area contributed by atoms with Crippen LogP contribution in [0, 0.1) is 10.1 Å². The van der Waals surface area contributed by atoms with Crippen LogP contribution < -0.4 is 14.4 Å². The van der Waals surface area contributed by atoms with E-state index in [9.17, 15) is 28.1 Å². The highest BCUT2D eigenvalue weighted by molar-refractivity contribution is 8.01. The first-order valence-electron chi connectivity index (χ1n) is 9.18. The van der Waals surface area contributed by atoms with E-state index < -0.39 is 26.8 Å². The van der Waals surface area contributed by atoms with Gasteiger partial charge in [0.15, 0.2) is 4.34 Å². The van der Waals surface area contributed by atoms with Gasteiger partial charge in [-0.15, -0.1) is 10.2 Å². The summed E-state index contributed by atoms with van der Waals surface area (Å²) in [6.07, 6.45) is 1.03. The molecule has 0 radical (unpaired) electrons. The van der Waals surface area contributed by atoms with Crippen molar-refractivity contribution in [3.05, 3.63) is 28.3 Å². The average molecular weight is 520 g/mol. The molecule has 1 aromatic carbocycles. The van der Waals surface area contributed by atoms with Crippen LogP contribution in [0.2, 0.25) is 0 Å². The van der Waals surface area contributed by atoms with Crippen LogP contribution in [0.15, 0.2) is 22.5 Å². The molecule has 1 N–H and O–H groups in total. The summed E-state index contributed by atoms with van der Waals surface area (Å²) < 4.78 is 35.8. The zero-order valence-electron chi connectivity index (χ0n) is 17.8. The monoisotopic (exact) mass is 519 g/mol. The molecule has 16 heteroatoms. The number of hydrogen-bond donors (Lipinski definition) is 1. The summed E-state index contributed by atoms with van der Waals surface area (Å²) in [6, 6.07) is 3.62. The van der Waals surface area contributed by atoms with Crippen molar-refractivity contribution in [2.24, 2.45) is 0 Å². The zero-order chi connectivity index (χ0) is 24.6. The van der Waals surface area contributed by atoms with E-state index in [1.807, 2.05) is 0 Å². The molecule has 2 rings (SSSR count). The molecule has 0 aliphatic carbocycles. The average Bonchev–Trinajstić information content (AvgIpc) is 3.20. The van der Waals surface area contributed by atoms with E-state index in [0.29, 0.717) is 4.34 Å². The Morgan fingerprint density at radius 3 is 2.64 bits per heavy atom. The van der Waals surface area contributed by atoms with E-state index in [1.165, 1.54) is 26.4 Å². The number of methoxy groups -OCH3 is 2. The van der Waals surface area contributed by atoms with E-state index in [1.54, 1.807) is 0 Å². The second kappa shape index (κ2) is 11.8. The Bertz CT molecular complexity index is 1120. The maximum atomic E-state index is 12.3. The Kier molecular flexibility index (Phi) is 9.36. The number of sulfonamides is 1. The fourth-order valence-corrected chi connectivity index (χ4v) is 5.08. The molecule has 0 aliphatic heterocycles. The number of hydrogen-bond acceptors (Lipinski definition) is 12. The third-order valence-corrected chi connectivity index (χ3v) is 7.13. The van der Waals surface area contributed by atoms with Crippen LogP contribution >= 0.6 is 23.1 Å². The van der Waals surface area contributed by atoms with Crippen molar-refractivity contribution in [3.8, 4) is 5.75 Å². The number of non-ortho nitro benzene ring substituents is 1. The summed E-state index contributed by atoms with van der Waals surface area (Å²) in [7, 11) is -1.23. The first-order chi connectivity index (χ1) is 15.5. The Morgan fingerprint density at radius 1 is 1.30 bits per heavy atom. The maximum absolute atomic E-state index is 12.3. The van der Waals surface area contributed by atoms with Gasteiger partial charge in [-0.2, -0.15) is 0 Å². The van der Waals surface area contributed by atoms with Crippen LogP contribution in [0.5, 0.6) is 5.75 Å². The van der Waals surface area contributed by atoms with Gasteiger partial charge in [-0.1, -0.05) is 23.1 Å². The van der Waals surface area contributed by atoms with Gasteiger partial charge in [-0.25, -0.2) is 8.42 Å². The number of carbonyl (C=O) groups excluding carboxylic acids is 2. The van der Waals surface area contributed by atoms with Gasteiger partial charge in [0.2, 0.25) is 21.1 Å². The molecule has 0 saturated heterocycles. The van der Waals surface area contributed by atoms with Crippen molar-refractivity contribution >= 4 is 61.5 Å². The van der Waals surface area contributed by atoms with Crippen LogP contribution in [0.3, 0.4) is 0 Å². The molecule has 1 amide bonds. The summed E-state index contributed by atoms with van der Waals surface area (Å²) in [6.45, 7) is -0.111. The number of amides is 1. The summed E-state index contributed by atoms with van der Waals surface area (Å²) in [5.41, 5.74) is -0.291. The van der Waals surface area contributed by atoms with Crippen molar-refractivity contribution in [3.63, 3.8) is 0 Å². The van der Waals surface area contributed by atoms with Gasteiger partial charge in [0.05, 0.1) is 31.2 Å². The molecular weight excluding hydrogens is 498 g/mol. The lowest BCUT2D eigenvalue weighted by Crippen LogP contribution is -2.32.